The van der Waals surface area contributed by atoms with Crippen molar-refractivity contribution in [3.63, 3.8) is 0 Å². The maximum Gasteiger partial charge on any atom is 0.419 e. The van der Waals surface area contributed by atoms with Crippen LogP contribution in [0.4, 0.5) is 23.2 Å². The Morgan fingerprint density at radius 1 is 1.05 bits per heavy atom. The van der Waals surface area contributed by atoms with E-state index in [0.717, 1.165) is 6.07 Å². The van der Waals surface area contributed by atoms with Gasteiger partial charge in [-0.3, -0.25) is 0 Å². The molecule has 2 aromatic carbocycles. The molecule has 0 aliphatic carbocycles. The van der Waals surface area contributed by atoms with Crippen LogP contribution in [0.3, 0.4) is 0 Å². The van der Waals surface area contributed by atoms with Crippen molar-refractivity contribution in [1.29, 1.82) is 0 Å². The molecule has 0 saturated carbocycles. The molecule has 2 aromatic rings. The van der Waals surface area contributed by atoms with Crippen LogP contribution in [-0.2, 0) is 6.18 Å². The minimum Gasteiger partial charge on any atom is -0.308 e. The summed E-state index contributed by atoms with van der Waals surface area (Å²) in [6.45, 7) is 0. The van der Waals surface area contributed by atoms with Crippen LogP contribution in [0, 0.1) is 5.82 Å². The van der Waals surface area contributed by atoms with Crippen LogP contribution in [-0.4, -0.2) is 5.84 Å². The lowest BCUT2D eigenvalue weighted by Gasteiger charge is -2.11. The smallest absolute Gasteiger partial charge is 0.308 e. The summed E-state index contributed by atoms with van der Waals surface area (Å²) in [5.41, 5.74) is 1.40. The zero-order valence-electron chi connectivity index (χ0n) is 10.7. The maximum absolute atomic E-state index is 13.2. The molecule has 3 N–H and O–H groups in total. The second-order valence-electron chi connectivity index (χ2n) is 4.13. The molecule has 0 atom stereocenters. The van der Waals surface area contributed by atoms with Gasteiger partial charge in [-0.05, 0) is 30.3 Å². The highest BCUT2D eigenvalue weighted by molar-refractivity contribution is 6.00. The van der Waals surface area contributed by atoms with Crippen molar-refractivity contribution < 1.29 is 17.6 Å². The van der Waals surface area contributed by atoms with Gasteiger partial charge in [-0.2, -0.15) is 13.2 Å². The van der Waals surface area contributed by atoms with Gasteiger partial charge in [-0.1, -0.05) is 18.2 Å². The fraction of sp³-hybridized carbons (Fsp3) is 0.0714. The quantitative estimate of drug-likeness (QED) is 0.293. The highest BCUT2D eigenvalue weighted by Gasteiger charge is 2.34. The van der Waals surface area contributed by atoms with Crippen molar-refractivity contribution in [1.82, 2.24) is 5.43 Å². The molecule has 0 radical (unpaired) electrons. The Bertz CT molecular complexity index is 651. The predicted octanol–water partition coefficient (Wildman–Crippen LogP) is 3.39. The molecule has 0 fully saturated rings. The highest BCUT2D eigenvalue weighted by atomic mass is 19.4. The minimum absolute atomic E-state index is 0.00620. The van der Waals surface area contributed by atoms with Gasteiger partial charge in [0.05, 0.1) is 11.3 Å². The fourth-order valence-electron chi connectivity index (χ4n) is 1.70. The molecule has 0 aliphatic heterocycles. The molecule has 0 aliphatic rings. The number of nitrogens with one attached hydrogen (secondary N) is 1. The lowest BCUT2D eigenvalue weighted by atomic mass is 10.1. The minimum atomic E-state index is -4.79. The van der Waals surface area contributed by atoms with E-state index >= 15 is 0 Å². The van der Waals surface area contributed by atoms with Gasteiger partial charge in [-0.25, -0.2) is 15.2 Å². The Morgan fingerprint density at radius 3 is 2.29 bits per heavy atom. The van der Waals surface area contributed by atoms with E-state index in [1.165, 1.54) is 6.07 Å². The first kappa shape index (κ1) is 15.0. The standard InChI is InChI=1S/C14H11F4N3/c15-12-7-6-9(8-11(12)14(16,17)18)13(21-19)20-10-4-2-1-3-5-10/h1-8H,19H2,(H,20,21). The van der Waals surface area contributed by atoms with Crippen molar-refractivity contribution in [2.75, 3.05) is 0 Å². The molecule has 0 saturated heterocycles. The Hall–Kier alpha value is -2.41. The summed E-state index contributed by atoms with van der Waals surface area (Å²) in [5.74, 6) is 3.96. The van der Waals surface area contributed by atoms with Crippen LogP contribution in [0.25, 0.3) is 0 Å². The number of aliphatic imine (C=N–C) groups is 1. The monoisotopic (exact) mass is 297 g/mol. The van der Waals surface area contributed by atoms with E-state index in [4.69, 9.17) is 5.84 Å². The fourth-order valence-corrected chi connectivity index (χ4v) is 1.70. The first-order chi connectivity index (χ1) is 9.91. The van der Waals surface area contributed by atoms with E-state index in [2.05, 4.69) is 10.4 Å². The van der Waals surface area contributed by atoms with Gasteiger partial charge < -0.3 is 5.43 Å². The Morgan fingerprint density at radius 2 is 1.71 bits per heavy atom. The second kappa shape index (κ2) is 5.92. The van der Waals surface area contributed by atoms with E-state index in [-0.39, 0.29) is 11.4 Å². The van der Waals surface area contributed by atoms with Gasteiger partial charge in [0.2, 0.25) is 0 Å². The topological polar surface area (TPSA) is 50.4 Å². The molecule has 0 unspecified atom stereocenters. The average Bonchev–Trinajstić information content (AvgIpc) is 2.45. The molecule has 110 valence electrons. The SMILES string of the molecule is NNC(=Nc1ccccc1)c1ccc(F)c(C(F)(F)F)c1. The molecule has 0 heterocycles. The average molecular weight is 297 g/mol. The highest BCUT2D eigenvalue weighted by Crippen LogP contribution is 2.32. The maximum atomic E-state index is 13.2. The van der Waals surface area contributed by atoms with Crippen LogP contribution >= 0.6 is 0 Å². The number of halogens is 4. The van der Waals surface area contributed by atoms with Crippen molar-refractivity contribution in [3.8, 4) is 0 Å². The van der Waals surface area contributed by atoms with Gasteiger partial charge in [0, 0.05) is 5.56 Å². The summed E-state index contributed by atoms with van der Waals surface area (Å²) in [6.07, 6.45) is -4.79. The number of nitrogens with two attached hydrogens (primary N) is 1. The van der Waals surface area contributed by atoms with Crippen LogP contribution in [0.15, 0.2) is 53.5 Å². The molecule has 0 spiro atoms. The summed E-state index contributed by atoms with van der Waals surface area (Å²) in [4.78, 5) is 4.09. The van der Waals surface area contributed by atoms with Crippen LogP contribution in [0.5, 0.6) is 0 Å². The predicted molar refractivity (Wildman–Crippen MR) is 71.4 cm³/mol. The first-order valence-corrected chi connectivity index (χ1v) is 5.89. The second-order valence-corrected chi connectivity index (χ2v) is 4.13. The summed E-state index contributed by atoms with van der Waals surface area (Å²) >= 11 is 0. The van der Waals surface area contributed by atoms with E-state index in [9.17, 15) is 17.6 Å². The largest absolute Gasteiger partial charge is 0.419 e. The zero-order valence-corrected chi connectivity index (χ0v) is 10.7. The summed E-state index contributed by atoms with van der Waals surface area (Å²) < 4.78 is 51.3. The van der Waals surface area contributed by atoms with E-state index in [0.29, 0.717) is 11.8 Å². The van der Waals surface area contributed by atoms with Gasteiger partial charge >= 0.3 is 6.18 Å². The number of hydrogen-bond donors (Lipinski definition) is 2. The number of benzene rings is 2. The van der Waals surface area contributed by atoms with E-state index in [1.807, 2.05) is 0 Å². The molecule has 0 aromatic heterocycles. The van der Waals surface area contributed by atoms with Crippen LogP contribution in [0.1, 0.15) is 11.1 Å². The summed E-state index contributed by atoms with van der Waals surface area (Å²) in [5, 5.41) is 0. The zero-order chi connectivity index (χ0) is 15.5. The molecule has 0 bridgehead atoms. The van der Waals surface area contributed by atoms with Gasteiger partial charge in [0.25, 0.3) is 0 Å². The number of alkyl halides is 3. The van der Waals surface area contributed by atoms with Crippen molar-refractivity contribution in [3.05, 3.63) is 65.5 Å². The third-order valence-corrected chi connectivity index (χ3v) is 2.68. The van der Waals surface area contributed by atoms with Gasteiger partial charge in [0.15, 0.2) is 0 Å². The Balaban J connectivity index is 2.47. The van der Waals surface area contributed by atoms with Crippen molar-refractivity contribution in [2.45, 2.75) is 6.18 Å². The summed E-state index contributed by atoms with van der Waals surface area (Å²) in [7, 11) is 0. The first-order valence-electron chi connectivity index (χ1n) is 5.89. The molecule has 3 nitrogen and oxygen atoms in total. The Kier molecular flexibility index (Phi) is 4.23. The number of para-hydroxylation sites is 1. The van der Waals surface area contributed by atoms with E-state index < -0.39 is 17.6 Å². The lowest BCUT2D eigenvalue weighted by molar-refractivity contribution is -0.140. The van der Waals surface area contributed by atoms with Crippen molar-refractivity contribution in [2.24, 2.45) is 10.8 Å². The van der Waals surface area contributed by atoms with Gasteiger partial charge in [-0.15, -0.1) is 0 Å². The number of hydrogen-bond acceptors (Lipinski definition) is 2. The molecular formula is C14H11F4N3. The number of rotatable bonds is 2. The van der Waals surface area contributed by atoms with Crippen LogP contribution < -0.4 is 11.3 Å². The number of amidine groups is 1. The molecule has 7 heteroatoms. The Labute approximate surface area is 118 Å². The van der Waals surface area contributed by atoms with Crippen molar-refractivity contribution >= 4 is 11.5 Å². The van der Waals surface area contributed by atoms with E-state index in [1.54, 1.807) is 30.3 Å². The van der Waals surface area contributed by atoms with Gasteiger partial charge in [0.1, 0.15) is 11.7 Å². The molecular weight excluding hydrogens is 286 g/mol. The lowest BCUT2D eigenvalue weighted by Crippen LogP contribution is -2.31. The third kappa shape index (κ3) is 3.57. The number of nitrogens with zero attached hydrogens (tertiary/aromatic N) is 1. The molecule has 21 heavy (non-hydrogen) atoms. The normalized spacial score (nSPS) is 12.3. The summed E-state index contributed by atoms with van der Waals surface area (Å²) in [6, 6.07) is 11.1. The molecule has 2 rings (SSSR count). The third-order valence-electron chi connectivity index (χ3n) is 2.68. The molecule has 0 amide bonds. The van der Waals surface area contributed by atoms with Crippen LogP contribution in [0.2, 0.25) is 0 Å². The number of hydrazine groups is 1.